The molecule has 3 bridgehead atoms. The molecule has 1 aromatic heterocycles. The molecule has 2 saturated carbocycles. The van der Waals surface area contributed by atoms with Crippen LogP contribution < -0.4 is 0 Å². The Labute approximate surface area is 210 Å². The molecule has 0 radical (unpaired) electrons. The number of aromatic nitrogens is 2. The van der Waals surface area contributed by atoms with Crippen LogP contribution in [0.5, 0.6) is 0 Å². The lowest BCUT2D eigenvalue weighted by atomic mass is 9.39. The Hall–Kier alpha value is -2.45. The minimum absolute atomic E-state index is 0.00488. The van der Waals surface area contributed by atoms with Crippen molar-refractivity contribution in [2.24, 2.45) is 17.3 Å². The number of ether oxygens (including phenoxy) is 2. The van der Waals surface area contributed by atoms with Crippen LogP contribution in [-0.2, 0) is 19.9 Å². The summed E-state index contributed by atoms with van der Waals surface area (Å²) in [7, 11) is 0. The number of halogens is 2. The van der Waals surface area contributed by atoms with E-state index < -0.39 is 23.3 Å². The molecule has 1 amide bonds. The molecule has 8 rings (SSSR count). The highest BCUT2D eigenvalue weighted by atomic mass is 19.1. The lowest BCUT2D eigenvalue weighted by Crippen LogP contribution is -2.66. The molecule has 6 aliphatic rings. The van der Waals surface area contributed by atoms with Crippen molar-refractivity contribution in [1.29, 1.82) is 0 Å². The predicted molar refractivity (Wildman–Crippen MR) is 129 cm³/mol. The van der Waals surface area contributed by atoms with Crippen molar-refractivity contribution in [2.45, 2.75) is 64.1 Å². The number of nitrogens with zero attached hydrogens (tertiary/aromatic N) is 3. The Bertz CT molecular complexity index is 1180. The third kappa shape index (κ3) is 3.23. The quantitative estimate of drug-likeness (QED) is 0.593. The molecular formula is C28H33F2N3O3. The summed E-state index contributed by atoms with van der Waals surface area (Å²) < 4.78 is 41.5. The molecule has 0 N–H and O–H groups in total. The van der Waals surface area contributed by atoms with E-state index in [1.165, 1.54) is 18.2 Å². The summed E-state index contributed by atoms with van der Waals surface area (Å²) in [5.74, 6) is -0.521. The molecule has 5 aliphatic carbocycles. The van der Waals surface area contributed by atoms with Gasteiger partial charge in [-0.15, -0.1) is 5.10 Å². The maximum atomic E-state index is 14.6. The summed E-state index contributed by atoms with van der Waals surface area (Å²) >= 11 is 0. The van der Waals surface area contributed by atoms with Crippen LogP contribution in [0.1, 0.15) is 63.6 Å². The number of hydrogen-bond donors (Lipinski definition) is 0. The van der Waals surface area contributed by atoms with Crippen LogP contribution in [0.3, 0.4) is 0 Å². The molecule has 1 aliphatic heterocycles. The fourth-order valence-electron chi connectivity index (χ4n) is 7.43. The number of hydrogen-bond acceptors (Lipinski definition) is 5. The summed E-state index contributed by atoms with van der Waals surface area (Å²) in [4.78, 5) is 15.4. The van der Waals surface area contributed by atoms with Gasteiger partial charge in [0.25, 0.3) is 5.91 Å². The first-order valence-electron chi connectivity index (χ1n) is 13.2. The van der Waals surface area contributed by atoms with Gasteiger partial charge in [0.1, 0.15) is 23.3 Å². The van der Waals surface area contributed by atoms with Crippen LogP contribution in [-0.4, -0.2) is 53.4 Å². The van der Waals surface area contributed by atoms with E-state index >= 15 is 0 Å². The first kappa shape index (κ1) is 23.9. The summed E-state index contributed by atoms with van der Waals surface area (Å²) in [6.45, 7) is 8.87. The van der Waals surface area contributed by atoms with E-state index in [1.54, 1.807) is 0 Å². The Kier molecular flexibility index (Phi) is 5.68. The van der Waals surface area contributed by atoms with Crippen molar-refractivity contribution in [3.63, 3.8) is 0 Å². The van der Waals surface area contributed by atoms with Crippen LogP contribution in [0.15, 0.2) is 24.3 Å². The van der Waals surface area contributed by atoms with Crippen LogP contribution in [0.2, 0.25) is 0 Å². The average molecular weight is 498 g/mol. The zero-order valence-electron chi connectivity index (χ0n) is 21.1. The van der Waals surface area contributed by atoms with Crippen molar-refractivity contribution >= 4 is 5.91 Å². The fourth-order valence-corrected chi connectivity index (χ4v) is 7.43. The van der Waals surface area contributed by atoms with E-state index in [9.17, 15) is 13.6 Å². The molecule has 1 saturated heterocycles. The van der Waals surface area contributed by atoms with E-state index in [2.05, 4.69) is 24.0 Å². The van der Waals surface area contributed by atoms with E-state index in [-0.39, 0.29) is 34.4 Å². The highest BCUT2D eigenvalue weighted by Gasteiger charge is 2.75. The van der Waals surface area contributed by atoms with Crippen molar-refractivity contribution in [3.8, 4) is 11.3 Å². The van der Waals surface area contributed by atoms with Gasteiger partial charge >= 0.3 is 0 Å². The third-order valence-electron chi connectivity index (χ3n) is 9.64. The molecule has 36 heavy (non-hydrogen) atoms. The topological polar surface area (TPSA) is 64.6 Å². The van der Waals surface area contributed by atoms with Gasteiger partial charge in [-0.25, -0.2) is 8.78 Å². The van der Waals surface area contributed by atoms with Gasteiger partial charge < -0.3 is 14.4 Å². The van der Waals surface area contributed by atoms with Gasteiger partial charge in [-0.3, -0.25) is 4.79 Å². The fraction of sp³-hybridized carbons (Fsp3) is 0.607. The molecule has 1 aromatic carbocycles. The van der Waals surface area contributed by atoms with Gasteiger partial charge in [0.2, 0.25) is 0 Å². The second-order valence-corrected chi connectivity index (χ2v) is 11.1. The second-order valence-electron chi connectivity index (χ2n) is 11.1. The van der Waals surface area contributed by atoms with Gasteiger partial charge in [-0.2, -0.15) is 5.10 Å². The largest absolute Gasteiger partial charge is 0.380 e. The first-order valence-corrected chi connectivity index (χ1v) is 13.2. The maximum absolute atomic E-state index is 14.6. The van der Waals surface area contributed by atoms with Gasteiger partial charge in [0.05, 0.1) is 23.6 Å². The highest BCUT2D eigenvalue weighted by Crippen LogP contribution is 2.78. The van der Waals surface area contributed by atoms with Crippen molar-refractivity contribution in [2.75, 3.05) is 26.3 Å². The first-order chi connectivity index (χ1) is 17.3. The van der Waals surface area contributed by atoms with Crippen LogP contribution in [0, 0.1) is 28.9 Å². The molecule has 3 unspecified atom stereocenters. The summed E-state index contributed by atoms with van der Waals surface area (Å²) in [6, 6.07) is 5.63. The summed E-state index contributed by atoms with van der Waals surface area (Å²) in [5.41, 5.74) is 1.15. The van der Waals surface area contributed by atoms with Crippen molar-refractivity contribution in [3.05, 3.63) is 47.2 Å². The van der Waals surface area contributed by atoms with E-state index in [1.807, 2.05) is 17.9 Å². The van der Waals surface area contributed by atoms with Gasteiger partial charge in [0, 0.05) is 19.7 Å². The minimum Gasteiger partial charge on any atom is -0.380 e. The number of carbonyl (C=O) groups excluding carboxylic acids is 1. The molecule has 2 heterocycles. The molecule has 8 heteroatoms. The molecule has 6 nitrogen and oxygen atoms in total. The average Bonchev–Trinajstić information content (AvgIpc) is 3.30. The van der Waals surface area contributed by atoms with Crippen LogP contribution in [0.25, 0.3) is 11.3 Å². The lowest BCUT2D eigenvalue weighted by Gasteiger charge is -2.68. The highest BCUT2D eigenvalue weighted by molar-refractivity contribution is 5.81. The zero-order valence-corrected chi connectivity index (χ0v) is 21.1. The Morgan fingerprint density at radius 2 is 2.00 bits per heavy atom. The Morgan fingerprint density at radius 1 is 1.22 bits per heavy atom. The molecular weight excluding hydrogens is 464 g/mol. The normalized spacial score (nSPS) is 33.5. The van der Waals surface area contributed by atoms with E-state index in [4.69, 9.17) is 9.47 Å². The number of amides is 1. The zero-order chi connectivity index (χ0) is 25.2. The number of carbonyl (C=O) groups is 1. The van der Waals surface area contributed by atoms with Crippen LogP contribution in [0.4, 0.5) is 8.78 Å². The van der Waals surface area contributed by atoms with E-state index in [0.29, 0.717) is 38.6 Å². The standard InChI is InChI=1S/C28H33F2N3O3/c1-4-23(26(34)33-9-6-11-35-12-10-33)36-28-15-27(17(28)3)14-19(16(27)2)18-13-22(31-32-25(18)28)24-20(29)7-5-8-21(24)30/h5,7-8,13,16-17,19,23H,4,6,9-12,14-15H2,1-3H3/t16?,17?,19-,23-,27?,28-/m1/s1. The molecule has 192 valence electrons. The van der Waals surface area contributed by atoms with Gasteiger partial charge in [-0.1, -0.05) is 26.8 Å². The van der Waals surface area contributed by atoms with Gasteiger partial charge in [-0.05, 0) is 72.6 Å². The monoisotopic (exact) mass is 497 g/mol. The lowest BCUT2D eigenvalue weighted by molar-refractivity contribution is -0.285. The molecule has 1 spiro atoms. The van der Waals surface area contributed by atoms with Crippen molar-refractivity contribution in [1.82, 2.24) is 15.1 Å². The maximum Gasteiger partial charge on any atom is 0.251 e. The van der Waals surface area contributed by atoms with E-state index in [0.717, 1.165) is 30.5 Å². The Balaban J connectivity index is 1.39. The second kappa shape index (κ2) is 8.55. The SMILES string of the molecule is CC[C@@H](O[C@@]12CC3(C[C@@H](c4cc(-c5c(F)cccc5F)nnc41)C3C)C2C)C(=O)N1CCCOCC1. The van der Waals surface area contributed by atoms with Crippen molar-refractivity contribution < 1.29 is 23.0 Å². The van der Waals surface area contributed by atoms with Crippen LogP contribution >= 0.6 is 0 Å². The molecule has 2 aromatic rings. The third-order valence-corrected chi connectivity index (χ3v) is 9.64. The van der Waals surface area contributed by atoms with Gasteiger partial charge in [0.15, 0.2) is 0 Å². The molecule has 3 fully saturated rings. The minimum atomic E-state index is -0.729. The molecule has 6 atom stereocenters. The summed E-state index contributed by atoms with van der Waals surface area (Å²) in [5, 5.41) is 8.92. The Morgan fingerprint density at radius 3 is 2.69 bits per heavy atom. The summed E-state index contributed by atoms with van der Waals surface area (Å²) in [6.07, 6.45) is 2.56. The number of rotatable bonds is 5. The predicted octanol–water partition coefficient (Wildman–Crippen LogP) is 4.82. The number of benzene rings is 1. The smallest absolute Gasteiger partial charge is 0.251 e.